The van der Waals surface area contributed by atoms with Gasteiger partial charge in [-0.05, 0) is 13.0 Å². The van der Waals surface area contributed by atoms with Crippen LogP contribution >= 0.6 is 11.6 Å². The van der Waals surface area contributed by atoms with Crippen LogP contribution in [0.25, 0.3) is 0 Å². The van der Waals surface area contributed by atoms with Crippen LogP contribution in [0.2, 0.25) is 5.02 Å². The van der Waals surface area contributed by atoms with Gasteiger partial charge in [0.25, 0.3) is 0 Å². The van der Waals surface area contributed by atoms with E-state index in [1.165, 1.54) is 26.4 Å². The third kappa shape index (κ3) is 4.87. The Morgan fingerprint density at radius 2 is 2.12 bits per heavy atom. The molecule has 0 spiro atoms. The maximum atomic E-state index is 12.1. The lowest BCUT2D eigenvalue weighted by molar-refractivity contribution is 0.0597. The number of urea groups is 1. The van der Waals surface area contributed by atoms with Crippen LogP contribution in [0.15, 0.2) is 30.9 Å². The van der Waals surface area contributed by atoms with Gasteiger partial charge in [-0.3, -0.25) is 0 Å². The minimum absolute atomic E-state index is 0.135. The van der Waals surface area contributed by atoms with Crippen molar-refractivity contribution in [3.05, 3.63) is 41.4 Å². The van der Waals surface area contributed by atoms with Crippen molar-refractivity contribution in [1.29, 1.82) is 0 Å². The highest BCUT2D eigenvalue weighted by Gasteiger charge is 2.18. The zero-order valence-corrected chi connectivity index (χ0v) is 14.8. The van der Waals surface area contributed by atoms with E-state index in [4.69, 9.17) is 16.3 Å². The minimum Gasteiger partial charge on any atom is -0.496 e. The molecule has 2 rings (SSSR count). The highest BCUT2D eigenvalue weighted by Crippen LogP contribution is 2.31. The van der Waals surface area contributed by atoms with Gasteiger partial charge in [-0.2, -0.15) is 0 Å². The maximum absolute atomic E-state index is 12.1. The van der Waals surface area contributed by atoms with E-state index >= 15 is 0 Å². The van der Waals surface area contributed by atoms with Crippen molar-refractivity contribution in [2.45, 2.75) is 19.5 Å². The first-order chi connectivity index (χ1) is 11.9. The molecule has 1 unspecified atom stereocenters. The second-order valence-corrected chi connectivity index (χ2v) is 5.69. The average Bonchev–Trinajstić information content (AvgIpc) is 3.08. The van der Waals surface area contributed by atoms with Gasteiger partial charge in [0.05, 0.1) is 31.3 Å². The Morgan fingerprint density at radius 3 is 2.72 bits per heavy atom. The standard InChI is InChI=1S/C16H19ClN4O4/c1-10(8-21-5-4-18-9-21)19-16(23)20-13-7-14(24-2)11(6-12(13)17)15(22)25-3/h4-7,9-10H,8H2,1-3H3,(H2,19,20,23). The molecule has 0 radical (unpaired) electrons. The number of rotatable bonds is 6. The summed E-state index contributed by atoms with van der Waals surface area (Å²) in [4.78, 5) is 27.8. The molecule has 0 bridgehead atoms. The molecule has 9 heteroatoms. The predicted octanol–water partition coefficient (Wildman–Crippen LogP) is 2.54. The molecule has 2 amide bonds. The summed E-state index contributed by atoms with van der Waals surface area (Å²) >= 11 is 6.14. The lowest BCUT2D eigenvalue weighted by Crippen LogP contribution is -2.38. The highest BCUT2D eigenvalue weighted by atomic mass is 35.5. The Balaban J connectivity index is 2.06. The van der Waals surface area contributed by atoms with Crippen LogP contribution in [0, 0.1) is 0 Å². The van der Waals surface area contributed by atoms with Gasteiger partial charge in [-0.1, -0.05) is 11.6 Å². The van der Waals surface area contributed by atoms with Crippen LogP contribution in [-0.4, -0.2) is 41.8 Å². The van der Waals surface area contributed by atoms with Crippen molar-refractivity contribution in [1.82, 2.24) is 14.9 Å². The first-order valence-corrected chi connectivity index (χ1v) is 7.81. The van der Waals surface area contributed by atoms with Crippen molar-refractivity contribution in [3.8, 4) is 5.75 Å². The highest BCUT2D eigenvalue weighted by molar-refractivity contribution is 6.34. The molecule has 0 aliphatic carbocycles. The Hall–Kier alpha value is -2.74. The molecule has 0 aliphatic rings. The summed E-state index contributed by atoms with van der Waals surface area (Å²) in [5.74, 6) is -0.332. The fourth-order valence-corrected chi connectivity index (χ4v) is 2.44. The van der Waals surface area contributed by atoms with E-state index in [1.54, 1.807) is 12.5 Å². The molecular formula is C16H19ClN4O4. The molecule has 1 heterocycles. The molecule has 8 nitrogen and oxygen atoms in total. The van der Waals surface area contributed by atoms with Crippen LogP contribution in [0.5, 0.6) is 5.75 Å². The zero-order chi connectivity index (χ0) is 18.4. The number of hydrogen-bond donors (Lipinski definition) is 2. The molecule has 1 atom stereocenters. The molecule has 2 aromatic rings. The number of amides is 2. The Labute approximate surface area is 150 Å². The van der Waals surface area contributed by atoms with E-state index in [9.17, 15) is 9.59 Å². The number of imidazole rings is 1. The Bertz CT molecular complexity index is 749. The van der Waals surface area contributed by atoms with Crippen LogP contribution in [-0.2, 0) is 11.3 Å². The molecule has 25 heavy (non-hydrogen) atoms. The summed E-state index contributed by atoms with van der Waals surface area (Å²) in [5.41, 5.74) is 0.493. The lowest BCUT2D eigenvalue weighted by atomic mass is 10.1. The number of nitrogens with zero attached hydrogens (tertiary/aromatic N) is 2. The number of carbonyl (C=O) groups is 2. The van der Waals surface area contributed by atoms with Crippen molar-refractivity contribution < 1.29 is 19.1 Å². The van der Waals surface area contributed by atoms with Crippen LogP contribution in [0.3, 0.4) is 0 Å². The normalized spacial score (nSPS) is 11.5. The molecule has 0 aliphatic heterocycles. The number of esters is 1. The summed E-state index contributed by atoms with van der Waals surface area (Å²) in [6.45, 7) is 2.44. The molecule has 0 fully saturated rings. The zero-order valence-electron chi connectivity index (χ0n) is 14.1. The second-order valence-electron chi connectivity index (χ2n) is 5.28. The molecule has 0 saturated heterocycles. The number of halogens is 1. The van der Waals surface area contributed by atoms with Gasteiger partial charge in [0.2, 0.25) is 0 Å². The monoisotopic (exact) mass is 366 g/mol. The Morgan fingerprint density at radius 1 is 1.36 bits per heavy atom. The van der Waals surface area contributed by atoms with E-state index in [0.717, 1.165) is 0 Å². The predicted molar refractivity (Wildman–Crippen MR) is 93.2 cm³/mol. The van der Waals surface area contributed by atoms with Crippen LogP contribution < -0.4 is 15.4 Å². The summed E-state index contributed by atoms with van der Waals surface area (Å²) in [6.07, 6.45) is 5.15. The second kappa shape index (κ2) is 8.39. The number of ether oxygens (including phenoxy) is 2. The number of benzene rings is 1. The topological polar surface area (TPSA) is 94.5 Å². The third-order valence-electron chi connectivity index (χ3n) is 3.36. The number of nitrogens with one attached hydrogen (secondary N) is 2. The smallest absolute Gasteiger partial charge is 0.341 e. The van der Waals surface area contributed by atoms with Gasteiger partial charge in [0.15, 0.2) is 0 Å². The van der Waals surface area contributed by atoms with E-state index in [0.29, 0.717) is 12.2 Å². The lowest BCUT2D eigenvalue weighted by Gasteiger charge is -2.16. The van der Waals surface area contributed by atoms with E-state index in [1.807, 2.05) is 17.7 Å². The summed E-state index contributed by atoms with van der Waals surface area (Å²) in [6, 6.07) is 2.29. The van der Waals surface area contributed by atoms with Gasteiger partial charge < -0.3 is 24.7 Å². The minimum atomic E-state index is -0.580. The number of methoxy groups -OCH3 is 2. The summed E-state index contributed by atoms with van der Waals surface area (Å²) in [7, 11) is 2.67. The fraction of sp³-hybridized carbons (Fsp3) is 0.312. The number of aromatic nitrogens is 2. The van der Waals surface area contributed by atoms with Gasteiger partial charge >= 0.3 is 12.0 Å². The summed E-state index contributed by atoms with van der Waals surface area (Å²) in [5, 5.41) is 5.62. The third-order valence-corrected chi connectivity index (χ3v) is 3.68. The molecule has 2 N–H and O–H groups in total. The first kappa shape index (κ1) is 18.6. The first-order valence-electron chi connectivity index (χ1n) is 7.43. The number of anilines is 1. The van der Waals surface area contributed by atoms with Crippen molar-refractivity contribution in [2.75, 3.05) is 19.5 Å². The van der Waals surface area contributed by atoms with E-state index in [2.05, 4.69) is 20.4 Å². The molecular weight excluding hydrogens is 348 g/mol. The fourth-order valence-electron chi connectivity index (χ4n) is 2.23. The Kier molecular flexibility index (Phi) is 6.24. The van der Waals surface area contributed by atoms with Crippen molar-refractivity contribution in [3.63, 3.8) is 0 Å². The maximum Gasteiger partial charge on any atom is 0.341 e. The quantitative estimate of drug-likeness (QED) is 0.766. The SMILES string of the molecule is COC(=O)c1cc(Cl)c(NC(=O)NC(C)Cn2ccnc2)cc1OC. The number of carbonyl (C=O) groups excluding carboxylic acids is 2. The molecule has 1 aromatic carbocycles. The average molecular weight is 367 g/mol. The van der Waals surface area contributed by atoms with E-state index < -0.39 is 12.0 Å². The summed E-state index contributed by atoms with van der Waals surface area (Å²) < 4.78 is 11.7. The van der Waals surface area contributed by atoms with Crippen molar-refractivity contribution >= 4 is 29.3 Å². The molecule has 1 aromatic heterocycles. The van der Waals surface area contributed by atoms with Gasteiger partial charge in [-0.15, -0.1) is 0 Å². The van der Waals surface area contributed by atoms with Crippen LogP contribution in [0.1, 0.15) is 17.3 Å². The van der Waals surface area contributed by atoms with Crippen LogP contribution in [0.4, 0.5) is 10.5 Å². The van der Waals surface area contributed by atoms with Gasteiger partial charge in [0.1, 0.15) is 11.3 Å². The van der Waals surface area contributed by atoms with Crippen molar-refractivity contribution in [2.24, 2.45) is 0 Å². The number of hydrogen-bond acceptors (Lipinski definition) is 5. The molecule has 134 valence electrons. The van der Waals surface area contributed by atoms with Gasteiger partial charge in [-0.25, -0.2) is 14.6 Å². The van der Waals surface area contributed by atoms with E-state index in [-0.39, 0.29) is 22.4 Å². The van der Waals surface area contributed by atoms with Gasteiger partial charge in [0, 0.05) is 31.0 Å². The largest absolute Gasteiger partial charge is 0.496 e. The molecule has 0 saturated carbocycles.